The molecule has 0 saturated carbocycles. The number of hydrogen-bond acceptors (Lipinski definition) is 6. The molecule has 180 valence electrons. The van der Waals surface area contributed by atoms with Gasteiger partial charge in [-0.25, -0.2) is 18.7 Å². The number of halogens is 2. The summed E-state index contributed by atoms with van der Waals surface area (Å²) in [5.74, 6) is -1.04. The van der Waals surface area contributed by atoms with Crippen LogP contribution < -0.4 is 5.32 Å². The number of rotatable bonds is 9. The Kier molecular flexibility index (Phi) is 7.69. The fourth-order valence-corrected chi connectivity index (χ4v) is 3.91. The molecular weight excluding hydrogens is 454 g/mol. The van der Waals surface area contributed by atoms with E-state index in [9.17, 15) is 18.7 Å². The Bertz CT molecular complexity index is 1240. The highest BCUT2D eigenvalue weighted by atomic mass is 19.1. The minimum Gasteiger partial charge on any atom is -0.394 e. The first-order valence-corrected chi connectivity index (χ1v) is 11.0. The maximum absolute atomic E-state index is 15.0. The third-order valence-corrected chi connectivity index (χ3v) is 5.73. The molecule has 0 unspecified atom stereocenters. The molecule has 9 heteroatoms. The summed E-state index contributed by atoms with van der Waals surface area (Å²) in [6.07, 6.45) is 4.33. The van der Waals surface area contributed by atoms with Crippen LogP contribution in [-0.2, 0) is 11.2 Å². The molecule has 1 aromatic heterocycles. The standard InChI is InChI=1S/C26H24F2N4O3/c1-35-23(15-33)21(13-24-29-10-3-11-30-24)32-26(34)19-4-2-5-20(28)25(19)22-12-17(14-31-22)16-6-8-18(27)9-7-16/h2-12,21,23,33H,13-15H2,1H3,(H,32,34)/t21-,23-/m1/s1. The van der Waals surface area contributed by atoms with Crippen molar-refractivity contribution < 1.29 is 23.4 Å². The number of nitrogens with one attached hydrogen (secondary N) is 1. The number of aliphatic hydroxyl groups is 1. The molecule has 0 bridgehead atoms. The lowest BCUT2D eigenvalue weighted by molar-refractivity contribution is 0.0211. The Balaban J connectivity index is 1.62. The molecule has 2 heterocycles. The monoisotopic (exact) mass is 478 g/mol. The quantitative estimate of drug-likeness (QED) is 0.493. The van der Waals surface area contributed by atoms with E-state index in [0.29, 0.717) is 11.5 Å². The molecule has 0 saturated heterocycles. The molecular formula is C26H24F2N4O3. The number of benzene rings is 2. The molecule has 0 spiro atoms. The largest absolute Gasteiger partial charge is 0.394 e. The third kappa shape index (κ3) is 5.64. The predicted octanol–water partition coefficient (Wildman–Crippen LogP) is 2.99. The van der Waals surface area contributed by atoms with Crippen LogP contribution in [-0.4, -0.2) is 59.1 Å². The fraction of sp³-hybridized carbons (Fsp3) is 0.231. The highest BCUT2D eigenvalue weighted by Crippen LogP contribution is 2.25. The zero-order valence-corrected chi connectivity index (χ0v) is 19.0. The maximum Gasteiger partial charge on any atom is 0.252 e. The van der Waals surface area contributed by atoms with Crippen molar-refractivity contribution >= 4 is 17.2 Å². The third-order valence-electron chi connectivity index (χ3n) is 5.73. The summed E-state index contributed by atoms with van der Waals surface area (Å²) in [4.78, 5) is 26.1. The van der Waals surface area contributed by atoms with E-state index in [4.69, 9.17) is 4.74 Å². The van der Waals surface area contributed by atoms with Gasteiger partial charge in [0.05, 0.1) is 30.5 Å². The second kappa shape index (κ2) is 11.1. The molecule has 1 aliphatic rings. The molecule has 35 heavy (non-hydrogen) atoms. The molecule has 7 nitrogen and oxygen atoms in total. The number of nitrogens with zero attached hydrogens (tertiary/aromatic N) is 3. The van der Waals surface area contributed by atoms with E-state index >= 15 is 0 Å². The lowest BCUT2D eigenvalue weighted by Crippen LogP contribution is -2.47. The van der Waals surface area contributed by atoms with E-state index in [1.54, 1.807) is 36.7 Å². The highest BCUT2D eigenvalue weighted by Gasteiger charge is 2.27. The Hall–Kier alpha value is -3.82. The first kappa shape index (κ1) is 24.3. The van der Waals surface area contributed by atoms with E-state index < -0.39 is 23.9 Å². The molecule has 2 atom stereocenters. The van der Waals surface area contributed by atoms with Gasteiger partial charge in [0.15, 0.2) is 0 Å². The Morgan fingerprint density at radius 3 is 2.54 bits per heavy atom. The summed E-state index contributed by atoms with van der Waals surface area (Å²) >= 11 is 0. The van der Waals surface area contributed by atoms with Crippen molar-refractivity contribution in [1.29, 1.82) is 0 Å². The van der Waals surface area contributed by atoms with Crippen molar-refractivity contribution in [1.82, 2.24) is 15.3 Å². The Morgan fingerprint density at radius 1 is 1.11 bits per heavy atom. The molecule has 4 rings (SSSR count). The number of aliphatic imine (C=N–C) groups is 1. The van der Waals surface area contributed by atoms with Gasteiger partial charge in [0.25, 0.3) is 5.91 Å². The zero-order chi connectivity index (χ0) is 24.8. The van der Waals surface area contributed by atoms with Gasteiger partial charge in [0.2, 0.25) is 0 Å². The first-order valence-electron chi connectivity index (χ1n) is 11.0. The van der Waals surface area contributed by atoms with Crippen molar-refractivity contribution in [2.24, 2.45) is 4.99 Å². The summed E-state index contributed by atoms with van der Waals surface area (Å²) in [6, 6.07) is 11.2. The number of aliphatic hydroxyl groups excluding tert-OH is 1. The maximum atomic E-state index is 15.0. The lowest BCUT2D eigenvalue weighted by atomic mass is 9.98. The molecule has 2 N–H and O–H groups in total. The van der Waals surface area contributed by atoms with Crippen molar-refractivity contribution in [3.63, 3.8) is 0 Å². The van der Waals surface area contributed by atoms with E-state index in [2.05, 4.69) is 20.3 Å². The first-order chi connectivity index (χ1) is 17.0. The molecule has 1 aliphatic heterocycles. The van der Waals surface area contributed by atoms with Gasteiger partial charge in [-0.3, -0.25) is 9.79 Å². The van der Waals surface area contributed by atoms with Crippen molar-refractivity contribution in [3.05, 3.63) is 101 Å². The van der Waals surface area contributed by atoms with Crippen LogP contribution in [0.15, 0.2) is 72.0 Å². The average molecular weight is 478 g/mol. The van der Waals surface area contributed by atoms with Gasteiger partial charge in [0.1, 0.15) is 23.6 Å². The zero-order valence-electron chi connectivity index (χ0n) is 19.0. The molecule has 0 radical (unpaired) electrons. The number of allylic oxidation sites excluding steroid dienone is 1. The summed E-state index contributed by atoms with van der Waals surface area (Å²) in [6.45, 7) is -0.0681. The number of hydrogen-bond donors (Lipinski definition) is 2. The minimum atomic E-state index is -0.728. The van der Waals surface area contributed by atoms with Gasteiger partial charge in [-0.1, -0.05) is 18.2 Å². The van der Waals surface area contributed by atoms with Gasteiger partial charge in [-0.05, 0) is 47.5 Å². The summed E-state index contributed by atoms with van der Waals surface area (Å²) in [5, 5.41) is 12.6. The molecule has 0 aliphatic carbocycles. The number of ether oxygens (including phenoxy) is 1. The van der Waals surface area contributed by atoms with E-state index in [-0.39, 0.29) is 36.5 Å². The summed E-state index contributed by atoms with van der Waals surface area (Å²) in [7, 11) is 1.43. The van der Waals surface area contributed by atoms with Crippen LogP contribution in [0, 0.1) is 11.6 Å². The van der Waals surface area contributed by atoms with Crippen LogP contribution in [0.1, 0.15) is 27.3 Å². The predicted molar refractivity (Wildman–Crippen MR) is 127 cm³/mol. The van der Waals surface area contributed by atoms with Gasteiger partial charge in [-0.15, -0.1) is 0 Å². The normalized spacial score (nSPS) is 14.7. The number of carbonyl (C=O) groups is 1. The SMILES string of the molecule is CO[C@H](CO)[C@@H](Cc1ncccn1)NC(=O)c1cccc(F)c1C1=NCC(c2ccc(F)cc2)=C1. The van der Waals surface area contributed by atoms with E-state index in [1.807, 2.05) is 0 Å². The van der Waals surface area contributed by atoms with Gasteiger partial charge in [-0.2, -0.15) is 0 Å². The topological polar surface area (TPSA) is 96.7 Å². The van der Waals surface area contributed by atoms with Crippen LogP contribution in [0.25, 0.3) is 5.57 Å². The van der Waals surface area contributed by atoms with E-state index in [1.165, 1.54) is 37.4 Å². The highest BCUT2D eigenvalue weighted by molar-refractivity contribution is 6.19. The number of carbonyl (C=O) groups excluding carboxylic acids is 1. The number of methoxy groups -OCH3 is 1. The van der Waals surface area contributed by atoms with Crippen molar-refractivity contribution in [2.75, 3.05) is 20.3 Å². The van der Waals surface area contributed by atoms with Crippen molar-refractivity contribution in [2.45, 2.75) is 18.6 Å². The fourth-order valence-electron chi connectivity index (χ4n) is 3.91. The van der Waals surface area contributed by atoms with Gasteiger partial charge in [0, 0.05) is 31.5 Å². The van der Waals surface area contributed by atoms with Gasteiger partial charge >= 0.3 is 0 Å². The average Bonchev–Trinajstić information content (AvgIpc) is 3.35. The van der Waals surface area contributed by atoms with E-state index in [0.717, 1.165) is 11.1 Å². The second-order valence-corrected chi connectivity index (χ2v) is 7.95. The molecule has 1 amide bonds. The van der Waals surface area contributed by atoms with Crippen LogP contribution in [0.4, 0.5) is 8.78 Å². The number of aromatic nitrogens is 2. The number of amides is 1. The summed E-state index contributed by atoms with van der Waals surface area (Å²) < 4.78 is 33.6. The Labute approximate surface area is 201 Å². The van der Waals surface area contributed by atoms with Crippen LogP contribution in [0.2, 0.25) is 0 Å². The van der Waals surface area contributed by atoms with Crippen LogP contribution in [0.5, 0.6) is 0 Å². The van der Waals surface area contributed by atoms with Crippen molar-refractivity contribution in [3.8, 4) is 0 Å². The lowest BCUT2D eigenvalue weighted by Gasteiger charge is -2.25. The Morgan fingerprint density at radius 2 is 1.86 bits per heavy atom. The molecule has 2 aromatic carbocycles. The molecule has 3 aromatic rings. The minimum absolute atomic E-state index is 0.0646. The van der Waals surface area contributed by atoms with Crippen LogP contribution in [0.3, 0.4) is 0 Å². The summed E-state index contributed by atoms with van der Waals surface area (Å²) in [5.41, 5.74) is 2.03. The van der Waals surface area contributed by atoms with Gasteiger partial charge < -0.3 is 15.2 Å². The smallest absolute Gasteiger partial charge is 0.252 e. The molecule has 0 fully saturated rings. The second-order valence-electron chi connectivity index (χ2n) is 7.95. The van der Waals surface area contributed by atoms with Crippen LogP contribution >= 0.6 is 0 Å².